The summed E-state index contributed by atoms with van der Waals surface area (Å²) in [6.45, 7) is 0.0948. The highest BCUT2D eigenvalue weighted by molar-refractivity contribution is 5.93. The first kappa shape index (κ1) is 18.2. The Balaban J connectivity index is 1.78. The molecule has 2 aromatic carbocycles. The monoisotopic (exact) mass is 350 g/mol. The fourth-order valence-electron chi connectivity index (χ4n) is 1.93. The van der Waals surface area contributed by atoms with Crippen LogP contribution in [0, 0.1) is 11.6 Å². The van der Waals surface area contributed by atoms with Gasteiger partial charge in [0.05, 0.1) is 19.2 Å². The molecule has 0 aliphatic rings. The fourth-order valence-corrected chi connectivity index (χ4v) is 1.93. The molecule has 2 N–H and O–H groups in total. The van der Waals surface area contributed by atoms with Crippen LogP contribution < -0.4 is 15.4 Å². The summed E-state index contributed by atoms with van der Waals surface area (Å²) in [5.74, 6) is -2.13. The van der Waals surface area contributed by atoms with Crippen molar-refractivity contribution in [2.75, 3.05) is 25.6 Å². The van der Waals surface area contributed by atoms with E-state index < -0.39 is 23.6 Å². The summed E-state index contributed by atoms with van der Waals surface area (Å²) < 4.78 is 35.8. The van der Waals surface area contributed by atoms with E-state index in [1.807, 2.05) is 0 Å². The summed E-state index contributed by atoms with van der Waals surface area (Å²) in [5.41, 5.74) is 0.710. The van der Waals surface area contributed by atoms with E-state index in [2.05, 4.69) is 15.4 Å². The molecule has 0 spiro atoms. The maximum absolute atomic E-state index is 13.4. The Morgan fingerprint density at radius 3 is 2.64 bits per heavy atom. The Kier molecular flexibility index (Phi) is 6.27. The minimum atomic E-state index is -0.816. The molecule has 0 unspecified atom stereocenters. The summed E-state index contributed by atoms with van der Waals surface area (Å²) in [6.07, 6.45) is 0. The van der Waals surface area contributed by atoms with Crippen LogP contribution in [-0.2, 0) is 4.74 Å². The molecular formula is C17H16F2N2O4. The molecule has 2 amide bonds. The van der Waals surface area contributed by atoms with Gasteiger partial charge < -0.3 is 20.1 Å². The third-order valence-corrected chi connectivity index (χ3v) is 3.08. The van der Waals surface area contributed by atoms with Gasteiger partial charge in [-0.2, -0.15) is 0 Å². The highest BCUT2D eigenvalue weighted by Gasteiger charge is 2.08. The van der Waals surface area contributed by atoms with Gasteiger partial charge in [0, 0.05) is 11.8 Å². The lowest BCUT2D eigenvalue weighted by molar-refractivity contribution is 0.0600. The zero-order valence-corrected chi connectivity index (χ0v) is 13.3. The molecule has 0 aliphatic heterocycles. The van der Waals surface area contributed by atoms with Gasteiger partial charge in [-0.05, 0) is 30.3 Å². The number of rotatable bonds is 6. The first-order valence-corrected chi connectivity index (χ1v) is 7.30. The maximum Gasteiger partial charge on any atom is 0.337 e. The van der Waals surface area contributed by atoms with E-state index in [0.717, 1.165) is 6.07 Å². The van der Waals surface area contributed by atoms with Crippen LogP contribution in [0.5, 0.6) is 5.75 Å². The highest BCUT2D eigenvalue weighted by atomic mass is 19.1. The predicted octanol–water partition coefficient (Wildman–Crippen LogP) is 2.95. The largest absolute Gasteiger partial charge is 0.489 e. The van der Waals surface area contributed by atoms with Crippen molar-refractivity contribution >= 4 is 17.7 Å². The summed E-state index contributed by atoms with van der Waals surface area (Å²) in [4.78, 5) is 23.2. The van der Waals surface area contributed by atoms with Crippen LogP contribution in [0.15, 0.2) is 42.5 Å². The Bertz CT molecular complexity index is 768. The van der Waals surface area contributed by atoms with Crippen LogP contribution >= 0.6 is 0 Å². The second-order valence-corrected chi connectivity index (χ2v) is 4.88. The van der Waals surface area contributed by atoms with Gasteiger partial charge in [-0.1, -0.05) is 6.07 Å². The molecule has 0 atom stereocenters. The molecule has 2 aromatic rings. The Morgan fingerprint density at radius 2 is 1.92 bits per heavy atom. The molecular weight excluding hydrogens is 334 g/mol. The van der Waals surface area contributed by atoms with Crippen molar-refractivity contribution in [1.82, 2.24) is 5.32 Å². The van der Waals surface area contributed by atoms with Gasteiger partial charge >= 0.3 is 12.0 Å². The Labute approximate surface area is 142 Å². The van der Waals surface area contributed by atoms with Crippen molar-refractivity contribution in [3.05, 3.63) is 59.7 Å². The number of halogens is 2. The Hall–Kier alpha value is -3.16. The topological polar surface area (TPSA) is 76.7 Å². The Morgan fingerprint density at radius 1 is 1.12 bits per heavy atom. The van der Waals surface area contributed by atoms with Crippen LogP contribution in [-0.4, -0.2) is 32.3 Å². The smallest absolute Gasteiger partial charge is 0.337 e. The summed E-state index contributed by atoms with van der Waals surface area (Å²) in [5, 5.41) is 5.05. The van der Waals surface area contributed by atoms with Gasteiger partial charge in [-0.25, -0.2) is 18.4 Å². The van der Waals surface area contributed by atoms with Gasteiger partial charge in [-0.3, -0.25) is 0 Å². The maximum atomic E-state index is 13.4. The number of hydrogen-bond donors (Lipinski definition) is 2. The lowest BCUT2D eigenvalue weighted by Gasteiger charge is -2.10. The normalized spacial score (nSPS) is 10.0. The zero-order chi connectivity index (χ0) is 18.2. The number of benzene rings is 2. The average molecular weight is 350 g/mol. The standard InChI is InChI=1S/C17H16F2N2O4/c1-24-16(22)11-3-2-4-13(9-11)21-17(23)20-7-8-25-15-6-5-12(18)10-14(15)19/h2-6,9-10H,7-8H2,1H3,(H2,20,21,23). The van der Waals surface area contributed by atoms with Gasteiger partial charge in [0.15, 0.2) is 11.6 Å². The first-order chi connectivity index (χ1) is 12.0. The van der Waals surface area contributed by atoms with E-state index >= 15 is 0 Å². The number of ether oxygens (including phenoxy) is 2. The summed E-state index contributed by atoms with van der Waals surface area (Å²) in [7, 11) is 1.26. The molecule has 0 saturated heterocycles. The number of anilines is 1. The SMILES string of the molecule is COC(=O)c1cccc(NC(=O)NCCOc2ccc(F)cc2F)c1. The van der Waals surface area contributed by atoms with E-state index in [4.69, 9.17) is 4.74 Å². The van der Waals surface area contributed by atoms with Gasteiger partial charge in [0.2, 0.25) is 0 Å². The van der Waals surface area contributed by atoms with Crippen LogP contribution in [0.3, 0.4) is 0 Å². The number of amides is 2. The minimum absolute atomic E-state index is 0.00181. The van der Waals surface area contributed by atoms with Crippen LogP contribution in [0.25, 0.3) is 0 Å². The van der Waals surface area contributed by atoms with E-state index in [-0.39, 0.29) is 18.9 Å². The van der Waals surface area contributed by atoms with E-state index in [1.165, 1.54) is 19.2 Å². The van der Waals surface area contributed by atoms with E-state index in [0.29, 0.717) is 17.3 Å². The second kappa shape index (κ2) is 8.62. The molecule has 0 radical (unpaired) electrons. The number of nitrogens with one attached hydrogen (secondary N) is 2. The lowest BCUT2D eigenvalue weighted by atomic mass is 10.2. The number of carbonyl (C=O) groups is 2. The van der Waals surface area contributed by atoms with Gasteiger partial charge in [0.1, 0.15) is 12.4 Å². The third-order valence-electron chi connectivity index (χ3n) is 3.08. The van der Waals surface area contributed by atoms with Crippen molar-refractivity contribution in [3.8, 4) is 5.75 Å². The van der Waals surface area contributed by atoms with Gasteiger partial charge in [-0.15, -0.1) is 0 Å². The van der Waals surface area contributed by atoms with Crippen molar-refractivity contribution in [1.29, 1.82) is 0 Å². The molecule has 0 saturated carbocycles. The highest BCUT2D eigenvalue weighted by Crippen LogP contribution is 2.17. The average Bonchev–Trinajstić information content (AvgIpc) is 2.59. The van der Waals surface area contributed by atoms with Crippen LogP contribution in [0.2, 0.25) is 0 Å². The number of methoxy groups -OCH3 is 1. The summed E-state index contributed by atoms with van der Waals surface area (Å²) >= 11 is 0. The van der Waals surface area contributed by atoms with Crippen molar-refractivity contribution in [2.24, 2.45) is 0 Å². The fraction of sp³-hybridized carbons (Fsp3) is 0.176. The molecule has 6 nitrogen and oxygen atoms in total. The molecule has 8 heteroatoms. The third kappa shape index (κ3) is 5.45. The zero-order valence-electron chi connectivity index (χ0n) is 13.3. The predicted molar refractivity (Wildman–Crippen MR) is 86.7 cm³/mol. The molecule has 0 fully saturated rings. The quantitative estimate of drug-likeness (QED) is 0.620. The minimum Gasteiger partial charge on any atom is -0.489 e. The van der Waals surface area contributed by atoms with Gasteiger partial charge in [0.25, 0.3) is 0 Å². The van der Waals surface area contributed by atoms with Crippen molar-refractivity contribution in [2.45, 2.75) is 0 Å². The lowest BCUT2D eigenvalue weighted by Crippen LogP contribution is -2.32. The number of hydrogen-bond acceptors (Lipinski definition) is 4. The molecule has 0 bridgehead atoms. The van der Waals surface area contributed by atoms with Crippen LogP contribution in [0.1, 0.15) is 10.4 Å². The number of esters is 1. The molecule has 0 aromatic heterocycles. The van der Waals surface area contributed by atoms with Crippen molar-refractivity contribution in [3.63, 3.8) is 0 Å². The molecule has 2 rings (SSSR count). The van der Waals surface area contributed by atoms with E-state index in [9.17, 15) is 18.4 Å². The van der Waals surface area contributed by atoms with Crippen molar-refractivity contribution < 1.29 is 27.8 Å². The van der Waals surface area contributed by atoms with E-state index in [1.54, 1.807) is 18.2 Å². The molecule has 0 aliphatic carbocycles. The summed E-state index contributed by atoms with van der Waals surface area (Å²) in [6, 6.07) is 8.67. The molecule has 0 heterocycles. The molecule has 132 valence electrons. The number of carbonyl (C=O) groups excluding carboxylic acids is 2. The second-order valence-electron chi connectivity index (χ2n) is 4.88. The molecule has 25 heavy (non-hydrogen) atoms. The van der Waals surface area contributed by atoms with Crippen LogP contribution in [0.4, 0.5) is 19.3 Å². The first-order valence-electron chi connectivity index (χ1n) is 7.30. The number of urea groups is 1.